The van der Waals surface area contributed by atoms with Crippen molar-refractivity contribution in [3.05, 3.63) is 11.9 Å². The Kier molecular flexibility index (Phi) is 5.55. The van der Waals surface area contributed by atoms with Gasteiger partial charge in [0.1, 0.15) is 11.6 Å². The molecule has 0 amide bonds. The molecule has 0 saturated carbocycles. The highest BCUT2D eigenvalue weighted by Gasteiger charge is 2.35. The lowest BCUT2D eigenvalue weighted by Crippen LogP contribution is -2.22. The molecule has 1 rings (SSSR count). The van der Waals surface area contributed by atoms with Crippen molar-refractivity contribution in [1.82, 2.24) is 9.97 Å². The highest BCUT2D eigenvalue weighted by atomic mass is 19.4. The van der Waals surface area contributed by atoms with Crippen LogP contribution in [0.4, 0.5) is 24.8 Å². The number of aromatic nitrogens is 2. The zero-order chi connectivity index (χ0) is 15.2. The van der Waals surface area contributed by atoms with E-state index >= 15 is 0 Å². The molecule has 0 aromatic carbocycles. The average molecular weight is 287 g/mol. The summed E-state index contributed by atoms with van der Waals surface area (Å²) in [6.07, 6.45) is -3.63. The molecule has 1 heterocycles. The number of nitrogens with one attached hydrogen (secondary N) is 1. The van der Waals surface area contributed by atoms with Gasteiger partial charge >= 0.3 is 6.18 Å². The van der Waals surface area contributed by atoms with Gasteiger partial charge in [0.15, 0.2) is 0 Å². The van der Waals surface area contributed by atoms with Crippen molar-refractivity contribution in [2.24, 2.45) is 0 Å². The fourth-order valence-electron chi connectivity index (χ4n) is 1.43. The number of hydrogen-bond acceptors (Lipinski definition) is 5. The van der Waals surface area contributed by atoms with Gasteiger partial charge in [-0.05, 0) is 6.42 Å². The predicted molar refractivity (Wildman–Crippen MR) is 69.3 cm³/mol. The van der Waals surface area contributed by atoms with E-state index < -0.39 is 12.0 Å². The molecule has 0 aliphatic heterocycles. The second-order valence-electron chi connectivity index (χ2n) is 4.19. The first-order chi connectivity index (χ1) is 9.38. The Morgan fingerprint density at radius 2 is 2.10 bits per heavy atom. The standard InChI is InChI=1S/C12H16F3N5/c1-3-6-17-9-8-10(20(2)7-4-5-16)19-11(18-9)12(13,14)15/h8H,3-4,6-7H2,1-2H3,(H,17,18,19). The van der Waals surface area contributed by atoms with Gasteiger partial charge in [-0.25, -0.2) is 9.97 Å². The predicted octanol–water partition coefficient (Wildman–Crippen LogP) is 2.67. The van der Waals surface area contributed by atoms with E-state index in [2.05, 4.69) is 15.3 Å². The fraction of sp³-hybridized carbons (Fsp3) is 0.583. The van der Waals surface area contributed by atoms with Crippen molar-refractivity contribution in [3.8, 4) is 6.07 Å². The first-order valence-electron chi connectivity index (χ1n) is 6.16. The van der Waals surface area contributed by atoms with Gasteiger partial charge in [0.25, 0.3) is 0 Å². The van der Waals surface area contributed by atoms with Crippen molar-refractivity contribution in [2.45, 2.75) is 25.9 Å². The summed E-state index contributed by atoms with van der Waals surface area (Å²) in [6, 6.07) is 3.39. The Hall–Kier alpha value is -2.04. The Balaban J connectivity index is 3.06. The van der Waals surface area contributed by atoms with Crippen LogP contribution in [-0.4, -0.2) is 30.1 Å². The van der Waals surface area contributed by atoms with Crippen molar-refractivity contribution >= 4 is 11.6 Å². The van der Waals surface area contributed by atoms with E-state index in [0.717, 1.165) is 6.42 Å². The molecule has 20 heavy (non-hydrogen) atoms. The largest absolute Gasteiger partial charge is 0.451 e. The molecule has 0 bridgehead atoms. The first-order valence-corrected chi connectivity index (χ1v) is 6.16. The van der Waals surface area contributed by atoms with Gasteiger partial charge in [-0.1, -0.05) is 6.92 Å². The summed E-state index contributed by atoms with van der Waals surface area (Å²) in [5, 5.41) is 11.3. The smallest absolute Gasteiger partial charge is 0.370 e. The van der Waals surface area contributed by atoms with Crippen molar-refractivity contribution in [1.29, 1.82) is 5.26 Å². The maximum absolute atomic E-state index is 12.8. The molecule has 5 nitrogen and oxygen atoms in total. The number of hydrogen-bond donors (Lipinski definition) is 1. The number of alkyl halides is 3. The minimum atomic E-state index is -4.60. The van der Waals surface area contributed by atoms with Crippen LogP contribution in [-0.2, 0) is 6.18 Å². The Morgan fingerprint density at radius 3 is 2.65 bits per heavy atom. The molecule has 8 heteroatoms. The summed E-state index contributed by atoms with van der Waals surface area (Å²) in [5.74, 6) is -0.911. The van der Waals surface area contributed by atoms with Gasteiger partial charge in [0, 0.05) is 26.2 Å². The fourth-order valence-corrected chi connectivity index (χ4v) is 1.43. The lowest BCUT2D eigenvalue weighted by molar-refractivity contribution is -0.144. The van der Waals surface area contributed by atoms with E-state index in [9.17, 15) is 13.2 Å². The molecule has 0 unspecified atom stereocenters. The molecule has 0 radical (unpaired) electrons. The minimum absolute atomic E-state index is 0.132. The molecule has 0 saturated heterocycles. The van der Waals surface area contributed by atoms with E-state index in [4.69, 9.17) is 5.26 Å². The second kappa shape index (κ2) is 6.93. The van der Waals surface area contributed by atoms with Crippen molar-refractivity contribution in [2.75, 3.05) is 30.4 Å². The summed E-state index contributed by atoms with van der Waals surface area (Å²) in [4.78, 5) is 8.47. The molecule has 0 atom stereocenters. The van der Waals surface area contributed by atoms with Crippen LogP contribution in [0, 0.1) is 11.3 Å². The lowest BCUT2D eigenvalue weighted by atomic mass is 10.4. The lowest BCUT2D eigenvalue weighted by Gasteiger charge is -2.19. The number of rotatable bonds is 6. The number of nitrogens with zero attached hydrogens (tertiary/aromatic N) is 4. The zero-order valence-electron chi connectivity index (χ0n) is 11.3. The maximum atomic E-state index is 12.8. The van der Waals surface area contributed by atoms with Crippen LogP contribution < -0.4 is 10.2 Å². The summed E-state index contributed by atoms with van der Waals surface area (Å²) >= 11 is 0. The van der Waals surface area contributed by atoms with E-state index in [1.165, 1.54) is 11.0 Å². The van der Waals surface area contributed by atoms with Gasteiger partial charge in [-0.2, -0.15) is 18.4 Å². The molecule has 0 aliphatic rings. The third kappa shape index (κ3) is 4.57. The van der Waals surface area contributed by atoms with Gasteiger partial charge < -0.3 is 10.2 Å². The number of anilines is 2. The van der Waals surface area contributed by atoms with Crippen LogP contribution in [0.15, 0.2) is 6.07 Å². The van der Waals surface area contributed by atoms with Crippen LogP contribution in [0.25, 0.3) is 0 Å². The summed E-state index contributed by atoms with van der Waals surface area (Å²) in [5.41, 5.74) is 0. The summed E-state index contributed by atoms with van der Waals surface area (Å²) in [7, 11) is 1.59. The molecule has 1 aromatic heterocycles. The monoisotopic (exact) mass is 287 g/mol. The van der Waals surface area contributed by atoms with E-state index in [1.54, 1.807) is 7.05 Å². The average Bonchev–Trinajstić information content (AvgIpc) is 2.41. The highest BCUT2D eigenvalue weighted by Crippen LogP contribution is 2.29. The van der Waals surface area contributed by atoms with Crippen LogP contribution in [0.1, 0.15) is 25.6 Å². The van der Waals surface area contributed by atoms with Crippen LogP contribution in [0.5, 0.6) is 0 Å². The molecule has 1 aromatic rings. The molecule has 1 N–H and O–H groups in total. The van der Waals surface area contributed by atoms with E-state index in [0.29, 0.717) is 13.1 Å². The van der Waals surface area contributed by atoms with Crippen LogP contribution in [0.3, 0.4) is 0 Å². The Morgan fingerprint density at radius 1 is 1.40 bits per heavy atom. The zero-order valence-corrected chi connectivity index (χ0v) is 11.3. The van der Waals surface area contributed by atoms with Crippen molar-refractivity contribution < 1.29 is 13.2 Å². The molecule has 0 spiro atoms. The van der Waals surface area contributed by atoms with Crippen LogP contribution in [0.2, 0.25) is 0 Å². The van der Waals surface area contributed by atoms with Gasteiger partial charge in [0.05, 0.1) is 12.5 Å². The van der Waals surface area contributed by atoms with E-state index in [-0.39, 0.29) is 18.1 Å². The quantitative estimate of drug-likeness (QED) is 0.871. The molecule has 110 valence electrons. The number of nitriles is 1. The molecular weight excluding hydrogens is 271 g/mol. The third-order valence-electron chi connectivity index (χ3n) is 2.47. The highest BCUT2D eigenvalue weighted by molar-refractivity contribution is 5.49. The normalized spacial score (nSPS) is 11.0. The Bertz CT molecular complexity index is 481. The van der Waals surface area contributed by atoms with Crippen molar-refractivity contribution in [3.63, 3.8) is 0 Å². The van der Waals surface area contributed by atoms with E-state index in [1.807, 2.05) is 13.0 Å². The third-order valence-corrected chi connectivity index (χ3v) is 2.47. The summed E-state index contributed by atoms with van der Waals surface area (Å²) in [6.45, 7) is 2.73. The topological polar surface area (TPSA) is 64.8 Å². The van der Waals surface area contributed by atoms with Crippen LogP contribution >= 0.6 is 0 Å². The molecule has 0 fully saturated rings. The van der Waals surface area contributed by atoms with Gasteiger partial charge in [-0.15, -0.1) is 0 Å². The van der Waals surface area contributed by atoms with Gasteiger partial charge in [0.2, 0.25) is 5.82 Å². The minimum Gasteiger partial charge on any atom is -0.370 e. The number of halogens is 3. The molecular formula is C12H16F3N5. The first kappa shape index (κ1) is 16.0. The second-order valence-corrected chi connectivity index (χ2v) is 4.19. The Labute approximate surface area is 115 Å². The van der Waals surface area contributed by atoms with Gasteiger partial charge in [-0.3, -0.25) is 0 Å². The summed E-state index contributed by atoms with van der Waals surface area (Å²) < 4.78 is 38.3. The SMILES string of the molecule is CCCNc1cc(N(C)CCC#N)nc(C(F)(F)F)n1. The molecule has 0 aliphatic carbocycles. The maximum Gasteiger partial charge on any atom is 0.451 e.